The third kappa shape index (κ3) is 2.90. The standard InChI is InChI=1S/C13H24N4O/c1-4-5-13(6-8-14-9-7-13)12-15-11(16-18-12)10-17(2)3/h14H,4-10H2,1-3H3. The highest BCUT2D eigenvalue weighted by Crippen LogP contribution is 2.36. The first-order valence-corrected chi connectivity index (χ1v) is 6.85. The molecular weight excluding hydrogens is 228 g/mol. The van der Waals surface area contributed by atoms with Crippen LogP contribution in [0, 0.1) is 0 Å². The van der Waals surface area contributed by atoms with Gasteiger partial charge in [-0.05, 0) is 46.4 Å². The third-order valence-corrected chi connectivity index (χ3v) is 3.67. The minimum atomic E-state index is 0.109. The fraction of sp³-hybridized carbons (Fsp3) is 0.846. The summed E-state index contributed by atoms with van der Waals surface area (Å²) in [7, 11) is 4.03. The van der Waals surface area contributed by atoms with E-state index in [-0.39, 0.29) is 5.41 Å². The van der Waals surface area contributed by atoms with Crippen molar-refractivity contribution >= 4 is 0 Å². The van der Waals surface area contributed by atoms with Crippen LogP contribution in [0.5, 0.6) is 0 Å². The lowest BCUT2D eigenvalue weighted by Gasteiger charge is -2.34. The van der Waals surface area contributed by atoms with Crippen molar-refractivity contribution < 1.29 is 4.52 Å². The van der Waals surface area contributed by atoms with E-state index in [0.29, 0.717) is 0 Å². The van der Waals surface area contributed by atoms with E-state index in [2.05, 4.69) is 27.3 Å². The molecule has 1 saturated heterocycles. The van der Waals surface area contributed by atoms with Crippen molar-refractivity contribution in [3.8, 4) is 0 Å². The van der Waals surface area contributed by atoms with Gasteiger partial charge < -0.3 is 14.7 Å². The normalized spacial score (nSPS) is 19.3. The molecule has 5 nitrogen and oxygen atoms in total. The number of nitrogens with one attached hydrogen (secondary N) is 1. The molecule has 0 unspecified atom stereocenters. The molecule has 2 heterocycles. The average Bonchev–Trinajstić information content (AvgIpc) is 2.79. The van der Waals surface area contributed by atoms with Crippen LogP contribution >= 0.6 is 0 Å². The van der Waals surface area contributed by atoms with Crippen LogP contribution < -0.4 is 5.32 Å². The van der Waals surface area contributed by atoms with Gasteiger partial charge in [-0.25, -0.2) is 0 Å². The first kappa shape index (κ1) is 13.5. The number of rotatable bonds is 5. The zero-order valence-electron chi connectivity index (χ0n) is 11.7. The summed E-state index contributed by atoms with van der Waals surface area (Å²) in [6.45, 7) is 5.06. The summed E-state index contributed by atoms with van der Waals surface area (Å²) >= 11 is 0. The molecule has 1 aromatic heterocycles. The van der Waals surface area contributed by atoms with Crippen LogP contribution in [0.1, 0.15) is 44.3 Å². The summed E-state index contributed by atoms with van der Waals surface area (Å²) in [6.07, 6.45) is 4.50. The summed E-state index contributed by atoms with van der Waals surface area (Å²) in [4.78, 5) is 6.68. The van der Waals surface area contributed by atoms with Gasteiger partial charge in [0.1, 0.15) is 0 Å². The summed E-state index contributed by atoms with van der Waals surface area (Å²) in [6, 6.07) is 0. The quantitative estimate of drug-likeness (QED) is 0.861. The van der Waals surface area contributed by atoms with Crippen LogP contribution in [0.2, 0.25) is 0 Å². The molecule has 0 amide bonds. The number of aromatic nitrogens is 2. The Morgan fingerprint density at radius 1 is 1.33 bits per heavy atom. The lowest BCUT2D eigenvalue weighted by molar-refractivity contribution is 0.208. The van der Waals surface area contributed by atoms with Crippen molar-refractivity contribution in [2.45, 2.75) is 44.6 Å². The van der Waals surface area contributed by atoms with Crippen molar-refractivity contribution in [1.29, 1.82) is 0 Å². The Labute approximate surface area is 109 Å². The fourth-order valence-corrected chi connectivity index (χ4v) is 2.77. The Balaban J connectivity index is 2.17. The molecule has 0 radical (unpaired) electrons. The topological polar surface area (TPSA) is 54.2 Å². The second-order valence-corrected chi connectivity index (χ2v) is 5.53. The van der Waals surface area contributed by atoms with Crippen molar-refractivity contribution in [3.63, 3.8) is 0 Å². The van der Waals surface area contributed by atoms with E-state index in [1.807, 2.05) is 14.1 Å². The molecule has 102 valence electrons. The first-order valence-electron chi connectivity index (χ1n) is 6.85. The largest absolute Gasteiger partial charge is 0.339 e. The van der Waals surface area contributed by atoms with Gasteiger partial charge in [0.05, 0.1) is 12.0 Å². The molecular formula is C13H24N4O. The molecule has 1 aliphatic heterocycles. The van der Waals surface area contributed by atoms with Crippen molar-refractivity contribution in [3.05, 3.63) is 11.7 Å². The average molecular weight is 252 g/mol. The van der Waals surface area contributed by atoms with Crippen LogP contribution in [0.3, 0.4) is 0 Å². The maximum atomic E-state index is 5.55. The van der Waals surface area contributed by atoms with E-state index in [9.17, 15) is 0 Å². The molecule has 0 atom stereocenters. The highest BCUT2D eigenvalue weighted by atomic mass is 16.5. The van der Waals surface area contributed by atoms with E-state index in [1.165, 1.54) is 0 Å². The van der Waals surface area contributed by atoms with E-state index in [0.717, 1.165) is 57.0 Å². The van der Waals surface area contributed by atoms with Gasteiger partial charge >= 0.3 is 0 Å². The van der Waals surface area contributed by atoms with Crippen LogP contribution in [0.25, 0.3) is 0 Å². The Kier molecular flexibility index (Phi) is 4.35. The molecule has 1 N–H and O–H groups in total. The van der Waals surface area contributed by atoms with Crippen LogP contribution in [0.4, 0.5) is 0 Å². The summed E-state index contributed by atoms with van der Waals surface area (Å²) < 4.78 is 5.55. The Morgan fingerprint density at radius 3 is 2.67 bits per heavy atom. The Morgan fingerprint density at radius 2 is 2.06 bits per heavy atom. The zero-order valence-corrected chi connectivity index (χ0v) is 11.7. The Hall–Kier alpha value is -0.940. The fourth-order valence-electron chi connectivity index (χ4n) is 2.77. The second-order valence-electron chi connectivity index (χ2n) is 5.53. The zero-order chi connectivity index (χ0) is 13.0. The summed E-state index contributed by atoms with van der Waals surface area (Å²) in [5.74, 6) is 1.65. The first-order chi connectivity index (χ1) is 8.66. The van der Waals surface area contributed by atoms with Gasteiger partial charge in [0, 0.05) is 0 Å². The van der Waals surface area contributed by atoms with Crippen molar-refractivity contribution in [2.24, 2.45) is 0 Å². The molecule has 0 spiro atoms. The maximum Gasteiger partial charge on any atom is 0.233 e. The van der Waals surface area contributed by atoms with E-state index >= 15 is 0 Å². The van der Waals surface area contributed by atoms with E-state index in [1.54, 1.807) is 0 Å². The van der Waals surface area contributed by atoms with Crippen molar-refractivity contribution in [1.82, 2.24) is 20.4 Å². The number of nitrogens with zero attached hydrogens (tertiary/aromatic N) is 3. The van der Waals surface area contributed by atoms with E-state index < -0.39 is 0 Å². The number of piperidine rings is 1. The highest BCUT2D eigenvalue weighted by molar-refractivity contribution is 5.07. The number of hydrogen-bond donors (Lipinski definition) is 1. The molecule has 1 aromatic rings. The van der Waals surface area contributed by atoms with Gasteiger partial charge in [0.25, 0.3) is 0 Å². The van der Waals surface area contributed by atoms with Gasteiger partial charge in [-0.2, -0.15) is 4.98 Å². The molecule has 2 rings (SSSR count). The predicted molar refractivity (Wildman–Crippen MR) is 70.4 cm³/mol. The smallest absolute Gasteiger partial charge is 0.233 e. The summed E-state index contributed by atoms with van der Waals surface area (Å²) in [5.41, 5.74) is 0.109. The molecule has 0 aromatic carbocycles. The van der Waals surface area contributed by atoms with Gasteiger partial charge in [-0.15, -0.1) is 0 Å². The van der Waals surface area contributed by atoms with Gasteiger partial charge in [-0.1, -0.05) is 18.5 Å². The monoisotopic (exact) mass is 252 g/mol. The highest BCUT2D eigenvalue weighted by Gasteiger charge is 2.38. The maximum absolute atomic E-state index is 5.55. The van der Waals surface area contributed by atoms with Crippen LogP contribution in [0.15, 0.2) is 4.52 Å². The molecule has 0 aliphatic carbocycles. The third-order valence-electron chi connectivity index (χ3n) is 3.67. The van der Waals surface area contributed by atoms with Gasteiger partial charge in [0.15, 0.2) is 5.82 Å². The molecule has 18 heavy (non-hydrogen) atoms. The summed E-state index contributed by atoms with van der Waals surface area (Å²) in [5, 5.41) is 7.52. The van der Waals surface area contributed by atoms with Gasteiger partial charge in [-0.3, -0.25) is 0 Å². The van der Waals surface area contributed by atoms with E-state index in [4.69, 9.17) is 4.52 Å². The SMILES string of the molecule is CCCC1(c2nc(CN(C)C)no2)CCNCC1. The molecule has 5 heteroatoms. The van der Waals surface area contributed by atoms with Crippen molar-refractivity contribution in [2.75, 3.05) is 27.2 Å². The predicted octanol–water partition coefficient (Wildman–Crippen LogP) is 1.55. The lowest BCUT2D eigenvalue weighted by Crippen LogP contribution is -2.40. The second kappa shape index (κ2) is 5.80. The molecule has 1 aliphatic rings. The molecule has 0 saturated carbocycles. The molecule has 1 fully saturated rings. The number of hydrogen-bond acceptors (Lipinski definition) is 5. The lowest BCUT2D eigenvalue weighted by atomic mass is 9.75. The van der Waals surface area contributed by atoms with Crippen LogP contribution in [-0.4, -0.2) is 42.2 Å². The van der Waals surface area contributed by atoms with Gasteiger partial charge in [0.2, 0.25) is 5.89 Å². The Bertz CT molecular complexity index is 363. The molecule has 0 bridgehead atoms. The van der Waals surface area contributed by atoms with Crippen LogP contribution in [-0.2, 0) is 12.0 Å². The minimum Gasteiger partial charge on any atom is -0.339 e. The minimum absolute atomic E-state index is 0.109.